The minimum absolute atomic E-state index is 0.409. The molecule has 0 radical (unpaired) electrons. The van der Waals surface area contributed by atoms with Gasteiger partial charge in [-0.25, -0.2) is 4.79 Å². The Kier molecular flexibility index (Phi) is 5.48. The van der Waals surface area contributed by atoms with Gasteiger partial charge in [-0.2, -0.15) is 0 Å². The number of hydrogen-bond donors (Lipinski definition) is 2. The predicted molar refractivity (Wildman–Crippen MR) is 86.0 cm³/mol. The van der Waals surface area contributed by atoms with Gasteiger partial charge in [-0.05, 0) is 38.1 Å². The van der Waals surface area contributed by atoms with Crippen LogP contribution in [0, 0.1) is 6.92 Å². The first kappa shape index (κ1) is 16.7. The van der Waals surface area contributed by atoms with Gasteiger partial charge in [-0.3, -0.25) is 20.4 Å². The number of hydrogen-bond acceptors (Lipinski definition) is 5. The summed E-state index contributed by atoms with van der Waals surface area (Å²) in [5.41, 5.74) is 4.91. The molecule has 23 heavy (non-hydrogen) atoms. The second-order valence-corrected chi connectivity index (χ2v) is 6.06. The van der Waals surface area contributed by atoms with Gasteiger partial charge < -0.3 is 4.74 Å². The second-order valence-electron chi connectivity index (χ2n) is 4.77. The lowest BCUT2D eigenvalue weighted by Gasteiger charge is -2.13. The van der Waals surface area contributed by atoms with E-state index in [4.69, 9.17) is 4.74 Å². The summed E-state index contributed by atoms with van der Waals surface area (Å²) in [6.45, 7) is 3.30. The summed E-state index contributed by atoms with van der Waals surface area (Å²) in [6.07, 6.45) is -1.03. The molecule has 1 aromatic carbocycles. The van der Waals surface area contributed by atoms with Crippen molar-refractivity contribution < 1.29 is 19.1 Å². The molecule has 0 aliphatic rings. The molecule has 1 atom stereocenters. The number of rotatable bonds is 4. The lowest BCUT2D eigenvalue weighted by atomic mass is 10.2. The molecule has 1 heterocycles. The largest absolute Gasteiger partial charge is 0.448 e. The lowest BCUT2D eigenvalue weighted by molar-refractivity contribution is -0.129. The molecule has 1 aromatic heterocycles. The number of amides is 2. The lowest BCUT2D eigenvalue weighted by Crippen LogP contribution is -2.46. The van der Waals surface area contributed by atoms with Gasteiger partial charge in [0.25, 0.3) is 11.8 Å². The van der Waals surface area contributed by atoms with Crippen LogP contribution in [-0.2, 0) is 9.53 Å². The Morgan fingerprint density at radius 1 is 1.04 bits per heavy atom. The van der Waals surface area contributed by atoms with Crippen LogP contribution in [0.4, 0.5) is 0 Å². The topological polar surface area (TPSA) is 84.5 Å². The fourth-order valence-electron chi connectivity index (χ4n) is 1.70. The van der Waals surface area contributed by atoms with Gasteiger partial charge in [0.15, 0.2) is 6.10 Å². The number of ether oxygens (including phenoxy) is 1. The van der Waals surface area contributed by atoms with Crippen LogP contribution in [0.2, 0.25) is 0 Å². The Labute approximate surface area is 137 Å². The Morgan fingerprint density at radius 3 is 2.35 bits per heavy atom. The zero-order valence-corrected chi connectivity index (χ0v) is 13.5. The van der Waals surface area contributed by atoms with Crippen LogP contribution in [0.1, 0.15) is 31.8 Å². The van der Waals surface area contributed by atoms with Crippen molar-refractivity contribution in [3.8, 4) is 0 Å². The van der Waals surface area contributed by atoms with Gasteiger partial charge in [0.05, 0.1) is 0 Å². The third-order valence-electron chi connectivity index (χ3n) is 2.93. The average Bonchev–Trinajstić information content (AvgIpc) is 2.99. The van der Waals surface area contributed by atoms with Crippen LogP contribution in [-0.4, -0.2) is 23.9 Å². The van der Waals surface area contributed by atoms with Crippen LogP contribution in [0.25, 0.3) is 0 Å². The third kappa shape index (κ3) is 4.65. The highest BCUT2D eigenvalue weighted by atomic mass is 32.1. The first-order valence-electron chi connectivity index (χ1n) is 6.90. The number of carbonyl (C=O) groups excluding carboxylic acids is 3. The molecule has 0 unspecified atom stereocenters. The highest BCUT2D eigenvalue weighted by Gasteiger charge is 2.20. The number of carbonyl (C=O) groups is 3. The highest BCUT2D eigenvalue weighted by molar-refractivity contribution is 7.13. The number of hydrazine groups is 1. The maximum Gasteiger partial charge on any atom is 0.349 e. The quantitative estimate of drug-likeness (QED) is 0.663. The van der Waals surface area contributed by atoms with E-state index < -0.39 is 23.9 Å². The SMILES string of the molecule is Cc1ccc(C(=O)O[C@@H](C)C(=O)NNC(=O)c2ccccc2)s1. The average molecular weight is 332 g/mol. The molecular weight excluding hydrogens is 316 g/mol. The highest BCUT2D eigenvalue weighted by Crippen LogP contribution is 2.16. The molecule has 2 amide bonds. The van der Waals surface area contributed by atoms with Crippen molar-refractivity contribution >= 4 is 29.1 Å². The predicted octanol–water partition coefficient (Wildman–Crippen LogP) is 2.06. The molecule has 6 nitrogen and oxygen atoms in total. The summed E-state index contributed by atoms with van der Waals surface area (Å²) >= 11 is 1.29. The number of benzene rings is 1. The van der Waals surface area contributed by atoms with Crippen molar-refractivity contribution in [1.82, 2.24) is 10.9 Å². The Bertz CT molecular complexity index is 712. The number of aryl methyl sites for hydroxylation is 1. The van der Waals surface area contributed by atoms with Crippen molar-refractivity contribution in [2.45, 2.75) is 20.0 Å². The zero-order valence-electron chi connectivity index (χ0n) is 12.7. The van der Waals surface area contributed by atoms with Crippen molar-refractivity contribution in [2.75, 3.05) is 0 Å². The molecular formula is C16H16N2O4S. The zero-order chi connectivity index (χ0) is 16.8. The summed E-state index contributed by atoms with van der Waals surface area (Å²) in [4.78, 5) is 36.9. The molecule has 0 spiro atoms. The molecule has 0 saturated carbocycles. The van der Waals surface area contributed by atoms with Gasteiger partial charge >= 0.3 is 5.97 Å². The normalized spacial score (nSPS) is 11.4. The minimum atomic E-state index is -1.03. The molecule has 7 heteroatoms. The number of thiophene rings is 1. The van der Waals surface area contributed by atoms with Crippen LogP contribution in [0.15, 0.2) is 42.5 Å². The molecule has 0 aliphatic carbocycles. The first-order valence-corrected chi connectivity index (χ1v) is 7.71. The van der Waals surface area contributed by atoms with E-state index in [1.165, 1.54) is 18.3 Å². The molecule has 0 bridgehead atoms. The third-order valence-corrected chi connectivity index (χ3v) is 3.91. The summed E-state index contributed by atoms with van der Waals surface area (Å²) in [5, 5.41) is 0. The molecule has 0 aliphatic heterocycles. The van der Waals surface area contributed by atoms with Crippen LogP contribution in [0.5, 0.6) is 0 Å². The second kappa shape index (κ2) is 7.55. The summed E-state index contributed by atoms with van der Waals surface area (Å²) < 4.78 is 5.06. The van der Waals surface area contributed by atoms with E-state index in [0.717, 1.165) is 4.88 Å². The van der Waals surface area contributed by atoms with Crippen LogP contribution in [0.3, 0.4) is 0 Å². The molecule has 2 N–H and O–H groups in total. The fraction of sp³-hybridized carbons (Fsp3) is 0.188. The van der Waals surface area contributed by atoms with Gasteiger partial charge in [0.2, 0.25) is 0 Å². The molecule has 0 saturated heterocycles. The minimum Gasteiger partial charge on any atom is -0.448 e. The van der Waals surface area contributed by atoms with Crippen molar-refractivity contribution in [2.24, 2.45) is 0 Å². The summed E-state index contributed by atoms with van der Waals surface area (Å²) in [5.74, 6) is -1.64. The van der Waals surface area contributed by atoms with Crippen molar-refractivity contribution in [3.63, 3.8) is 0 Å². The Hall–Kier alpha value is -2.67. The van der Waals surface area contributed by atoms with Gasteiger partial charge in [0.1, 0.15) is 4.88 Å². The Morgan fingerprint density at radius 2 is 1.74 bits per heavy atom. The van der Waals surface area contributed by atoms with Gasteiger partial charge in [-0.1, -0.05) is 18.2 Å². The van der Waals surface area contributed by atoms with Crippen LogP contribution >= 0.6 is 11.3 Å². The summed E-state index contributed by atoms with van der Waals surface area (Å²) in [6, 6.07) is 11.9. The molecule has 0 fully saturated rings. The van der Waals surface area contributed by atoms with Gasteiger partial charge in [-0.15, -0.1) is 11.3 Å². The summed E-state index contributed by atoms with van der Waals surface area (Å²) in [7, 11) is 0. The fourth-order valence-corrected chi connectivity index (χ4v) is 2.45. The molecule has 2 rings (SSSR count). The van der Waals surface area contributed by atoms with E-state index in [9.17, 15) is 14.4 Å². The van der Waals surface area contributed by atoms with E-state index >= 15 is 0 Å². The van der Waals surface area contributed by atoms with Crippen LogP contribution < -0.4 is 10.9 Å². The van der Waals surface area contributed by atoms with E-state index in [2.05, 4.69) is 10.9 Å². The molecule has 2 aromatic rings. The van der Waals surface area contributed by atoms with Crippen molar-refractivity contribution in [3.05, 3.63) is 57.8 Å². The Balaban J connectivity index is 1.83. The van der Waals surface area contributed by atoms with E-state index in [-0.39, 0.29) is 0 Å². The maximum atomic E-state index is 11.9. The standard InChI is InChI=1S/C16H16N2O4S/c1-10-8-9-13(23-10)16(21)22-11(2)14(19)17-18-15(20)12-6-4-3-5-7-12/h3-9,11H,1-2H3,(H,17,19)(H,18,20)/t11-/m0/s1. The monoisotopic (exact) mass is 332 g/mol. The number of esters is 1. The van der Waals surface area contributed by atoms with E-state index in [1.54, 1.807) is 42.5 Å². The maximum absolute atomic E-state index is 11.9. The smallest absolute Gasteiger partial charge is 0.349 e. The number of nitrogens with one attached hydrogen (secondary N) is 2. The van der Waals surface area contributed by atoms with Crippen molar-refractivity contribution in [1.29, 1.82) is 0 Å². The first-order chi connectivity index (χ1) is 11.0. The van der Waals surface area contributed by atoms with Gasteiger partial charge in [0, 0.05) is 10.4 Å². The van der Waals surface area contributed by atoms with E-state index in [0.29, 0.717) is 10.4 Å². The molecule has 120 valence electrons. The van der Waals surface area contributed by atoms with E-state index in [1.807, 2.05) is 6.92 Å².